The molecule has 1 aromatic rings. The molecule has 2 rings (SSSR count). The van der Waals surface area contributed by atoms with E-state index >= 15 is 0 Å². The molecule has 0 spiro atoms. The van der Waals surface area contributed by atoms with Crippen LogP contribution in [0.15, 0.2) is 18.3 Å². The van der Waals surface area contributed by atoms with Crippen LogP contribution in [0.25, 0.3) is 0 Å². The van der Waals surface area contributed by atoms with Crippen LogP contribution in [0.3, 0.4) is 0 Å². The Morgan fingerprint density at radius 1 is 1.17 bits per heavy atom. The molecule has 0 aliphatic carbocycles. The molecule has 1 aromatic heterocycles. The van der Waals surface area contributed by atoms with Crippen molar-refractivity contribution in [2.75, 3.05) is 37.6 Å². The Balaban J connectivity index is 1.81. The molecular formula is C15H25N3. The Morgan fingerprint density at radius 3 is 2.44 bits per heavy atom. The van der Waals surface area contributed by atoms with Crippen LogP contribution in [-0.4, -0.2) is 42.6 Å². The molecule has 100 valence electrons. The quantitative estimate of drug-likeness (QED) is 0.815. The lowest BCUT2D eigenvalue weighted by Crippen LogP contribution is -2.47. The molecule has 0 bridgehead atoms. The molecule has 1 aliphatic heterocycles. The van der Waals surface area contributed by atoms with E-state index in [4.69, 9.17) is 0 Å². The van der Waals surface area contributed by atoms with Crippen molar-refractivity contribution in [2.24, 2.45) is 5.92 Å². The molecule has 18 heavy (non-hydrogen) atoms. The summed E-state index contributed by atoms with van der Waals surface area (Å²) < 4.78 is 0. The molecule has 0 aromatic carbocycles. The summed E-state index contributed by atoms with van der Waals surface area (Å²) in [6, 6.07) is 4.28. The predicted octanol–water partition coefficient (Wildman–Crippen LogP) is 2.56. The predicted molar refractivity (Wildman–Crippen MR) is 77.1 cm³/mol. The minimum absolute atomic E-state index is 0.807. The van der Waals surface area contributed by atoms with Crippen LogP contribution >= 0.6 is 0 Å². The Hall–Kier alpha value is -1.09. The van der Waals surface area contributed by atoms with Gasteiger partial charge in [0.2, 0.25) is 0 Å². The van der Waals surface area contributed by atoms with Gasteiger partial charge in [0.05, 0.1) is 0 Å². The molecule has 2 heterocycles. The largest absolute Gasteiger partial charge is 0.354 e. The number of hydrogen-bond acceptors (Lipinski definition) is 3. The van der Waals surface area contributed by atoms with Gasteiger partial charge in [0.15, 0.2) is 0 Å². The van der Waals surface area contributed by atoms with Gasteiger partial charge in [-0.3, -0.25) is 4.90 Å². The highest BCUT2D eigenvalue weighted by Gasteiger charge is 2.17. The second-order valence-electron chi connectivity index (χ2n) is 5.70. The molecule has 0 amide bonds. The van der Waals surface area contributed by atoms with E-state index in [9.17, 15) is 0 Å². The van der Waals surface area contributed by atoms with Crippen molar-refractivity contribution in [3.8, 4) is 0 Å². The van der Waals surface area contributed by atoms with Gasteiger partial charge in [-0.1, -0.05) is 19.9 Å². The number of rotatable bonds is 4. The molecular weight excluding hydrogens is 222 g/mol. The normalized spacial score (nSPS) is 17.4. The van der Waals surface area contributed by atoms with Crippen LogP contribution in [-0.2, 0) is 0 Å². The fourth-order valence-corrected chi connectivity index (χ4v) is 2.29. The SMILES string of the molecule is Cc1ccc(N2CCN(CCC(C)C)CC2)nc1. The van der Waals surface area contributed by atoms with Crippen LogP contribution in [0.2, 0.25) is 0 Å². The van der Waals surface area contributed by atoms with Gasteiger partial charge in [-0.2, -0.15) is 0 Å². The lowest BCUT2D eigenvalue weighted by molar-refractivity contribution is 0.243. The molecule has 1 aliphatic rings. The zero-order valence-electron chi connectivity index (χ0n) is 11.9. The van der Waals surface area contributed by atoms with Crippen molar-refractivity contribution in [2.45, 2.75) is 27.2 Å². The molecule has 3 heteroatoms. The van der Waals surface area contributed by atoms with Crippen LogP contribution in [0.4, 0.5) is 5.82 Å². The third-order valence-electron chi connectivity index (χ3n) is 3.61. The molecule has 0 unspecified atom stereocenters. The first-order chi connectivity index (χ1) is 8.65. The van der Waals surface area contributed by atoms with Crippen molar-refractivity contribution in [3.05, 3.63) is 23.9 Å². The maximum absolute atomic E-state index is 4.51. The van der Waals surface area contributed by atoms with Gasteiger partial charge >= 0.3 is 0 Å². The minimum Gasteiger partial charge on any atom is -0.354 e. The van der Waals surface area contributed by atoms with Gasteiger partial charge in [0.25, 0.3) is 0 Å². The zero-order valence-corrected chi connectivity index (χ0v) is 11.9. The first-order valence-corrected chi connectivity index (χ1v) is 7.05. The van der Waals surface area contributed by atoms with Crippen LogP contribution < -0.4 is 4.90 Å². The number of pyridine rings is 1. The highest BCUT2D eigenvalue weighted by atomic mass is 15.3. The van der Waals surface area contributed by atoms with E-state index in [0.29, 0.717) is 0 Å². The van der Waals surface area contributed by atoms with Gasteiger partial charge < -0.3 is 4.90 Å². The number of nitrogens with zero attached hydrogens (tertiary/aromatic N) is 3. The number of hydrogen-bond donors (Lipinski definition) is 0. The van der Waals surface area contributed by atoms with E-state index in [1.807, 2.05) is 6.20 Å². The maximum atomic E-state index is 4.51. The molecule has 0 radical (unpaired) electrons. The van der Waals surface area contributed by atoms with Gasteiger partial charge in [0.1, 0.15) is 5.82 Å². The van der Waals surface area contributed by atoms with Crippen molar-refractivity contribution in [1.29, 1.82) is 0 Å². The fourth-order valence-electron chi connectivity index (χ4n) is 2.29. The summed E-state index contributed by atoms with van der Waals surface area (Å²) in [5.74, 6) is 1.94. The third-order valence-corrected chi connectivity index (χ3v) is 3.61. The zero-order chi connectivity index (χ0) is 13.0. The Morgan fingerprint density at radius 2 is 1.89 bits per heavy atom. The summed E-state index contributed by atoms with van der Waals surface area (Å²) in [7, 11) is 0. The van der Waals surface area contributed by atoms with Gasteiger partial charge in [0, 0.05) is 32.4 Å². The second-order valence-corrected chi connectivity index (χ2v) is 5.70. The monoisotopic (exact) mass is 247 g/mol. The van der Waals surface area contributed by atoms with Gasteiger partial charge in [-0.25, -0.2) is 4.98 Å². The van der Waals surface area contributed by atoms with Gasteiger partial charge in [-0.05, 0) is 37.4 Å². The summed E-state index contributed by atoms with van der Waals surface area (Å²) in [6.07, 6.45) is 3.27. The van der Waals surface area contributed by atoms with E-state index in [1.54, 1.807) is 0 Å². The standard InChI is InChI=1S/C15H25N3/c1-13(2)6-7-17-8-10-18(11-9-17)15-5-4-14(3)12-16-15/h4-5,12-13H,6-11H2,1-3H3. The summed E-state index contributed by atoms with van der Waals surface area (Å²) >= 11 is 0. The second kappa shape index (κ2) is 6.19. The molecule has 1 saturated heterocycles. The van der Waals surface area contributed by atoms with Crippen LogP contribution in [0, 0.1) is 12.8 Å². The fraction of sp³-hybridized carbons (Fsp3) is 0.667. The Labute approximate surface area is 111 Å². The summed E-state index contributed by atoms with van der Waals surface area (Å²) in [5, 5.41) is 0. The van der Waals surface area contributed by atoms with Crippen molar-refractivity contribution >= 4 is 5.82 Å². The van der Waals surface area contributed by atoms with Crippen LogP contribution in [0.5, 0.6) is 0 Å². The van der Waals surface area contributed by atoms with E-state index in [0.717, 1.165) is 24.8 Å². The highest BCUT2D eigenvalue weighted by molar-refractivity contribution is 5.39. The van der Waals surface area contributed by atoms with Crippen LogP contribution in [0.1, 0.15) is 25.8 Å². The lowest BCUT2D eigenvalue weighted by Gasteiger charge is -2.35. The average molecular weight is 247 g/mol. The Bertz CT molecular complexity index is 351. The molecule has 3 nitrogen and oxygen atoms in total. The summed E-state index contributed by atoms with van der Waals surface area (Å²) in [6.45, 7) is 12.5. The number of aryl methyl sites for hydroxylation is 1. The van der Waals surface area contributed by atoms with E-state index in [1.165, 1.54) is 31.6 Å². The Kier molecular flexibility index (Phi) is 4.59. The first-order valence-electron chi connectivity index (χ1n) is 7.05. The van der Waals surface area contributed by atoms with E-state index in [-0.39, 0.29) is 0 Å². The molecule has 0 atom stereocenters. The van der Waals surface area contributed by atoms with Gasteiger partial charge in [-0.15, -0.1) is 0 Å². The number of anilines is 1. The summed E-state index contributed by atoms with van der Waals surface area (Å²) in [5.41, 5.74) is 1.23. The third kappa shape index (κ3) is 3.70. The number of aromatic nitrogens is 1. The lowest BCUT2D eigenvalue weighted by atomic mass is 10.1. The van der Waals surface area contributed by atoms with E-state index in [2.05, 4.69) is 47.7 Å². The molecule has 0 N–H and O–H groups in total. The van der Waals surface area contributed by atoms with Crippen molar-refractivity contribution in [1.82, 2.24) is 9.88 Å². The first kappa shape index (κ1) is 13.3. The summed E-state index contributed by atoms with van der Waals surface area (Å²) in [4.78, 5) is 9.48. The van der Waals surface area contributed by atoms with Crippen molar-refractivity contribution in [3.63, 3.8) is 0 Å². The van der Waals surface area contributed by atoms with E-state index < -0.39 is 0 Å². The molecule has 0 saturated carbocycles. The number of piperazine rings is 1. The highest BCUT2D eigenvalue weighted by Crippen LogP contribution is 2.14. The minimum atomic E-state index is 0.807. The average Bonchev–Trinajstić information content (AvgIpc) is 2.38. The maximum Gasteiger partial charge on any atom is 0.128 e. The topological polar surface area (TPSA) is 19.4 Å². The molecule has 1 fully saturated rings. The smallest absolute Gasteiger partial charge is 0.128 e. The van der Waals surface area contributed by atoms with Crippen molar-refractivity contribution < 1.29 is 0 Å².